The number of hydrogen-bond acceptors (Lipinski definition) is 3. The zero-order valence-electron chi connectivity index (χ0n) is 9.39. The van der Waals surface area contributed by atoms with Crippen molar-refractivity contribution in [1.29, 1.82) is 0 Å². The molecule has 0 aromatic heterocycles. The van der Waals surface area contributed by atoms with E-state index in [1.807, 2.05) is 0 Å². The molecule has 0 amide bonds. The van der Waals surface area contributed by atoms with Gasteiger partial charge in [-0.2, -0.15) is 0 Å². The monoisotopic (exact) mass is 247 g/mol. The number of nitrogens with one attached hydrogen (secondary N) is 1. The zero-order chi connectivity index (χ0) is 13.0. The molecule has 17 heavy (non-hydrogen) atoms. The van der Waals surface area contributed by atoms with Gasteiger partial charge in [-0.15, -0.1) is 0 Å². The molecule has 0 heterocycles. The summed E-state index contributed by atoms with van der Waals surface area (Å²) in [7, 11) is 0. The molecule has 0 bridgehead atoms. The van der Waals surface area contributed by atoms with E-state index in [1.165, 1.54) is 0 Å². The minimum Gasteiger partial charge on any atom is -0.462 e. The first kappa shape index (κ1) is 13.3. The highest BCUT2D eigenvalue weighted by Gasteiger charge is 2.11. The first-order valence-electron chi connectivity index (χ1n) is 4.98. The van der Waals surface area contributed by atoms with Crippen LogP contribution in [0.2, 0.25) is 0 Å². The van der Waals surface area contributed by atoms with Crippen LogP contribution in [0.15, 0.2) is 12.1 Å². The molecule has 3 nitrogen and oxygen atoms in total. The van der Waals surface area contributed by atoms with Crippen LogP contribution < -0.4 is 5.32 Å². The minimum absolute atomic E-state index is 0.0258. The number of anilines is 1. The highest BCUT2D eigenvalue weighted by Crippen LogP contribution is 2.17. The summed E-state index contributed by atoms with van der Waals surface area (Å²) in [5.74, 6) is -4.74. The molecule has 0 radical (unpaired) electrons. The lowest BCUT2D eigenvalue weighted by Crippen LogP contribution is -2.20. The predicted molar refractivity (Wildman–Crippen MR) is 56.0 cm³/mol. The maximum atomic E-state index is 12.8. The lowest BCUT2D eigenvalue weighted by molar-refractivity contribution is -0.145. The second-order valence-corrected chi connectivity index (χ2v) is 3.65. The summed E-state index contributed by atoms with van der Waals surface area (Å²) >= 11 is 0. The van der Waals surface area contributed by atoms with Crippen molar-refractivity contribution in [2.45, 2.75) is 20.0 Å². The van der Waals surface area contributed by atoms with Gasteiger partial charge in [0.15, 0.2) is 17.5 Å². The van der Waals surface area contributed by atoms with Crippen LogP contribution in [-0.2, 0) is 9.53 Å². The molecule has 6 heteroatoms. The number of esters is 1. The molecule has 0 aliphatic carbocycles. The Morgan fingerprint density at radius 3 is 2.29 bits per heavy atom. The van der Waals surface area contributed by atoms with Gasteiger partial charge in [-0.1, -0.05) is 0 Å². The third-order valence-corrected chi connectivity index (χ3v) is 1.79. The van der Waals surface area contributed by atoms with E-state index in [4.69, 9.17) is 4.74 Å². The molecule has 0 atom stereocenters. The Balaban J connectivity index is 2.61. The van der Waals surface area contributed by atoms with Crippen molar-refractivity contribution >= 4 is 11.7 Å². The second kappa shape index (κ2) is 5.56. The Morgan fingerprint density at radius 1 is 1.29 bits per heavy atom. The van der Waals surface area contributed by atoms with Crippen molar-refractivity contribution in [3.63, 3.8) is 0 Å². The summed E-state index contributed by atoms with van der Waals surface area (Å²) in [6.07, 6.45) is -0.272. The molecule has 1 aromatic carbocycles. The number of halogens is 3. The fraction of sp³-hybridized carbons (Fsp3) is 0.364. The molecule has 1 N–H and O–H groups in total. The summed E-state index contributed by atoms with van der Waals surface area (Å²) in [5, 5.41) is 2.44. The van der Waals surface area contributed by atoms with E-state index < -0.39 is 23.4 Å². The number of rotatable bonds is 4. The average molecular weight is 247 g/mol. The topological polar surface area (TPSA) is 38.3 Å². The van der Waals surface area contributed by atoms with Crippen LogP contribution in [0.25, 0.3) is 0 Å². The van der Waals surface area contributed by atoms with Crippen molar-refractivity contribution in [1.82, 2.24) is 0 Å². The van der Waals surface area contributed by atoms with Gasteiger partial charge in [0.1, 0.15) is 6.54 Å². The van der Waals surface area contributed by atoms with Gasteiger partial charge in [0.2, 0.25) is 0 Å². The molecular formula is C11H12F3NO2. The quantitative estimate of drug-likeness (QED) is 0.656. The summed E-state index contributed by atoms with van der Waals surface area (Å²) in [5.41, 5.74) is -0.0258. The van der Waals surface area contributed by atoms with Crippen LogP contribution in [0, 0.1) is 17.5 Å². The van der Waals surface area contributed by atoms with Crippen molar-refractivity contribution < 1.29 is 22.7 Å². The molecule has 0 fully saturated rings. The third kappa shape index (κ3) is 3.97. The average Bonchev–Trinajstić information content (AvgIpc) is 2.22. The second-order valence-electron chi connectivity index (χ2n) is 3.65. The molecule has 0 spiro atoms. The predicted octanol–water partition coefficient (Wildman–Crippen LogP) is 2.47. The van der Waals surface area contributed by atoms with Gasteiger partial charge < -0.3 is 10.1 Å². The molecule has 1 rings (SSSR count). The third-order valence-electron chi connectivity index (χ3n) is 1.79. The van der Waals surface area contributed by atoms with E-state index in [9.17, 15) is 18.0 Å². The molecule has 0 saturated heterocycles. The molecular weight excluding hydrogens is 235 g/mol. The smallest absolute Gasteiger partial charge is 0.325 e. The largest absolute Gasteiger partial charge is 0.462 e. The maximum absolute atomic E-state index is 12.8. The molecule has 94 valence electrons. The summed E-state index contributed by atoms with van der Waals surface area (Å²) < 4.78 is 43.0. The van der Waals surface area contributed by atoms with E-state index in [0.29, 0.717) is 0 Å². The van der Waals surface area contributed by atoms with Crippen LogP contribution in [0.3, 0.4) is 0 Å². The Hall–Kier alpha value is -1.72. The van der Waals surface area contributed by atoms with E-state index in [-0.39, 0.29) is 18.3 Å². The number of carbonyl (C=O) groups is 1. The van der Waals surface area contributed by atoms with Gasteiger partial charge in [-0.05, 0) is 13.8 Å². The summed E-state index contributed by atoms with van der Waals surface area (Å²) in [4.78, 5) is 11.1. The Morgan fingerprint density at radius 2 is 1.82 bits per heavy atom. The Bertz CT molecular complexity index is 398. The zero-order valence-corrected chi connectivity index (χ0v) is 9.39. The van der Waals surface area contributed by atoms with E-state index in [2.05, 4.69) is 5.32 Å². The van der Waals surface area contributed by atoms with Crippen LogP contribution in [0.5, 0.6) is 0 Å². The molecule has 0 unspecified atom stereocenters. The lowest BCUT2D eigenvalue weighted by atomic mass is 10.3. The minimum atomic E-state index is -1.54. The van der Waals surface area contributed by atoms with Gasteiger partial charge in [-0.25, -0.2) is 13.2 Å². The Labute approximate surface area is 96.6 Å². The van der Waals surface area contributed by atoms with Crippen molar-refractivity contribution in [3.05, 3.63) is 29.6 Å². The Kier molecular flexibility index (Phi) is 4.37. The first-order valence-corrected chi connectivity index (χ1v) is 4.98. The summed E-state index contributed by atoms with van der Waals surface area (Å²) in [6, 6.07) is 1.53. The van der Waals surface area contributed by atoms with Crippen molar-refractivity contribution in [2.75, 3.05) is 11.9 Å². The van der Waals surface area contributed by atoms with Gasteiger partial charge in [0, 0.05) is 17.8 Å². The van der Waals surface area contributed by atoms with Gasteiger partial charge >= 0.3 is 5.97 Å². The molecule has 0 saturated carbocycles. The van der Waals surface area contributed by atoms with Crippen molar-refractivity contribution in [2.24, 2.45) is 0 Å². The fourth-order valence-corrected chi connectivity index (χ4v) is 1.14. The first-order chi connectivity index (χ1) is 7.90. The summed E-state index contributed by atoms with van der Waals surface area (Å²) in [6.45, 7) is 3.10. The highest BCUT2D eigenvalue weighted by molar-refractivity contribution is 5.75. The lowest BCUT2D eigenvalue weighted by Gasteiger charge is -2.09. The fourth-order valence-electron chi connectivity index (χ4n) is 1.14. The van der Waals surface area contributed by atoms with Crippen LogP contribution >= 0.6 is 0 Å². The normalized spacial score (nSPS) is 10.5. The SMILES string of the molecule is CC(C)OC(=O)CNc1cc(F)c(F)c(F)c1. The number of ether oxygens (including phenoxy) is 1. The highest BCUT2D eigenvalue weighted by atomic mass is 19.2. The van der Waals surface area contributed by atoms with Gasteiger partial charge in [0.05, 0.1) is 6.10 Å². The van der Waals surface area contributed by atoms with Crippen LogP contribution in [0.4, 0.5) is 18.9 Å². The van der Waals surface area contributed by atoms with E-state index in [1.54, 1.807) is 13.8 Å². The van der Waals surface area contributed by atoms with Crippen molar-refractivity contribution in [3.8, 4) is 0 Å². The number of carbonyl (C=O) groups excluding carboxylic acids is 1. The van der Waals surface area contributed by atoms with E-state index in [0.717, 1.165) is 12.1 Å². The van der Waals surface area contributed by atoms with Crippen LogP contribution in [-0.4, -0.2) is 18.6 Å². The standard InChI is InChI=1S/C11H12F3NO2/c1-6(2)17-10(16)5-15-7-3-8(12)11(14)9(13)4-7/h3-4,6,15H,5H2,1-2H3. The van der Waals surface area contributed by atoms with E-state index >= 15 is 0 Å². The van der Waals surface area contributed by atoms with Gasteiger partial charge in [0.25, 0.3) is 0 Å². The number of hydrogen-bond donors (Lipinski definition) is 1. The molecule has 0 aliphatic heterocycles. The maximum Gasteiger partial charge on any atom is 0.325 e. The molecule has 1 aromatic rings. The van der Waals surface area contributed by atoms with Gasteiger partial charge in [-0.3, -0.25) is 4.79 Å². The molecule has 0 aliphatic rings. The number of benzene rings is 1. The van der Waals surface area contributed by atoms with Crippen LogP contribution in [0.1, 0.15) is 13.8 Å².